The highest BCUT2D eigenvalue weighted by molar-refractivity contribution is 9.10. The Kier molecular flexibility index (Phi) is 4.39. The van der Waals surface area contributed by atoms with E-state index in [0.29, 0.717) is 6.61 Å². The number of anilines is 1. The molecule has 5 heteroatoms. The lowest BCUT2D eigenvalue weighted by Crippen LogP contribution is -2.16. The second-order valence-electron chi connectivity index (χ2n) is 2.55. The van der Waals surface area contributed by atoms with Crippen LogP contribution in [0.4, 0.5) is 5.69 Å². The maximum atomic E-state index is 11.0. The third-order valence-corrected chi connectivity index (χ3v) is 1.88. The van der Waals surface area contributed by atoms with Crippen LogP contribution in [0.2, 0.25) is 0 Å². The van der Waals surface area contributed by atoms with Crippen molar-refractivity contribution in [2.45, 2.75) is 6.92 Å². The minimum absolute atomic E-state index is 0.159. The predicted molar refractivity (Wildman–Crippen MR) is 57.1 cm³/mol. The van der Waals surface area contributed by atoms with E-state index in [4.69, 9.17) is 4.74 Å². The molecular formula is C9H11BrN2O2. The first-order valence-corrected chi connectivity index (χ1v) is 5.01. The van der Waals surface area contributed by atoms with Gasteiger partial charge >= 0.3 is 5.97 Å². The van der Waals surface area contributed by atoms with Gasteiger partial charge in [0.05, 0.1) is 18.5 Å². The van der Waals surface area contributed by atoms with Crippen LogP contribution in [-0.4, -0.2) is 24.1 Å². The Balaban J connectivity index is 2.41. The molecule has 0 saturated heterocycles. The van der Waals surface area contributed by atoms with E-state index in [-0.39, 0.29) is 12.5 Å². The van der Waals surface area contributed by atoms with E-state index >= 15 is 0 Å². The number of pyridine rings is 1. The number of ether oxygens (including phenoxy) is 1. The number of carbonyl (C=O) groups is 1. The first-order valence-electron chi connectivity index (χ1n) is 4.22. The topological polar surface area (TPSA) is 51.2 Å². The minimum atomic E-state index is -0.271. The average molecular weight is 259 g/mol. The van der Waals surface area contributed by atoms with Crippen molar-refractivity contribution in [1.82, 2.24) is 4.98 Å². The number of aromatic nitrogens is 1. The number of nitrogens with one attached hydrogen (secondary N) is 1. The van der Waals surface area contributed by atoms with Crippen molar-refractivity contribution in [2.24, 2.45) is 0 Å². The molecule has 0 aliphatic heterocycles. The molecule has 0 spiro atoms. The van der Waals surface area contributed by atoms with E-state index < -0.39 is 0 Å². The highest BCUT2D eigenvalue weighted by Crippen LogP contribution is 2.12. The van der Waals surface area contributed by atoms with Crippen molar-refractivity contribution in [3.63, 3.8) is 0 Å². The Bertz CT molecular complexity index is 317. The van der Waals surface area contributed by atoms with Crippen molar-refractivity contribution in [1.29, 1.82) is 0 Å². The summed E-state index contributed by atoms with van der Waals surface area (Å²) in [5.74, 6) is -0.271. The third kappa shape index (κ3) is 3.74. The molecule has 0 aromatic carbocycles. The minimum Gasteiger partial charge on any atom is -0.465 e. The summed E-state index contributed by atoms with van der Waals surface area (Å²) in [6.07, 6.45) is 3.32. The largest absolute Gasteiger partial charge is 0.465 e. The summed E-state index contributed by atoms with van der Waals surface area (Å²) in [7, 11) is 0. The quantitative estimate of drug-likeness (QED) is 0.838. The summed E-state index contributed by atoms with van der Waals surface area (Å²) >= 11 is 3.28. The predicted octanol–water partition coefficient (Wildman–Crippen LogP) is 1.82. The number of esters is 1. The molecule has 14 heavy (non-hydrogen) atoms. The lowest BCUT2D eigenvalue weighted by molar-refractivity contribution is -0.140. The van der Waals surface area contributed by atoms with Gasteiger partial charge in [0, 0.05) is 10.7 Å². The molecule has 4 nitrogen and oxygen atoms in total. The molecule has 0 unspecified atom stereocenters. The number of hydrogen-bond acceptors (Lipinski definition) is 4. The Labute approximate surface area is 90.8 Å². The molecule has 0 radical (unpaired) electrons. The van der Waals surface area contributed by atoms with Crippen LogP contribution in [0.15, 0.2) is 22.9 Å². The van der Waals surface area contributed by atoms with E-state index in [9.17, 15) is 4.79 Å². The van der Waals surface area contributed by atoms with Crippen molar-refractivity contribution in [2.75, 3.05) is 18.5 Å². The first-order chi connectivity index (χ1) is 6.72. The second-order valence-corrected chi connectivity index (χ2v) is 3.47. The lowest BCUT2D eigenvalue weighted by Gasteiger charge is -2.05. The van der Waals surface area contributed by atoms with E-state index in [1.54, 1.807) is 19.3 Å². The van der Waals surface area contributed by atoms with Crippen LogP contribution >= 0.6 is 15.9 Å². The van der Waals surface area contributed by atoms with Crippen LogP contribution in [0, 0.1) is 0 Å². The summed E-state index contributed by atoms with van der Waals surface area (Å²) in [5, 5.41) is 2.90. The summed E-state index contributed by atoms with van der Waals surface area (Å²) in [5.41, 5.74) is 0.785. The van der Waals surface area contributed by atoms with Gasteiger partial charge in [-0.3, -0.25) is 9.78 Å². The summed E-state index contributed by atoms with van der Waals surface area (Å²) in [4.78, 5) is 14.9. The zero-order chi connectivity index (χ0) is 10.4. The normalized spacial score (nSPS) is 9.57. The van der Waals surface area contributed by atoms with Crippen molar-refractivity contribution < 1.29 is 9.53 Å². The van der Waals surface area contributed by atoms with Crippen LogP contribution in [-0.2, 0) is 9.53 Å². The van der Waals surface area contributed by atoms with Gasteiger partial charge in [-0.1, -0.05) is 0 Å². The monoisotopic (exact) mass is 258 g/mol. The zero-order valence-electron chi connectivity index (χ0n) is 7.79. The molecule has 0 fully saturated rings. The highest BCUT2D eigenvalue weighted by atomic mass is 79.9. The lowest BCUT2D eigenvalue weighted by atomic mass is 10.4. The maximum absolute atomic E-state index is 11.0. The molecule has 1 aromatic rings. The highest BCUT2D eigenvalue weighted by Gasteiger charge is 2.00. The fourth-order valence-electron chi connectivity index (χ4n) is 0.895. The van der Waals surface area contributed by atoms with E-state index in [1.165, 1.54) is 0 Å². The van der Waals surface area contributed by atoms with Crippen LogP contribution < -0.4 is 5.32 Å². The molecule has 0 atom stereocenters. The number of nitrogens with zero attached hydrogens (tertiary/aromatic N) is 1. The van der Waals surface area contributed by atoms with Gasteiger partial charge in [-0.25, -0.2) is 0 Å². The first kappa shape index (κ1) is 11.0. The fraction of sp³-hybridized carbons (Fsp3) is 0.333. The van der Waals surface area contributed by atoms with Crippen LogP contribution in [0.25, 0.3) is 0 Å². The summed E-state index contributed by atoms with van der Waals surface area (Å²) in [6, 6.07) is 1.84. The van der Waals surface area contributed by atoms with E-state index in [1.807, 2.05) is 6.07 Å². The van der Waals surface area contributed by atoms with E-state index in [2.05, 4.69) is 26.2 Å². The molecular weight excluding hydrogens is 248 g/mol. The average Bonchev–Trinajstić information content (AvgIpc) is 2.15. The Morgan fingerprint density at radius 3 is 3.07 bits per heavy atom. The SMILES string of the molecule is CCOC(=O)CNc1cncc(Br)c1. The number of rotatable bonds is 4. The smallest absolute Gasteiger partial charge is 0.325 e. The molecule has 1 rings (SSSR count). The van der Waals surface area contributed by atoms with Crippen molar-refractivity contribution in [3.8, 4) is 0 Å². The Morgan fingerprint density at radius 1 is 1.64 bits per heavy atom. The van der Waals surface area contributed by atoms with Gasteiger partial charge in [-0.2, -0.15) is 0 Å². The number of carbonyl (C=O) groups excluding carboxylic acids is 1. The van der Waals surface area contributed by atoms with Gasteiger partial charge in [0.1, 0.15) is 6.54 Å². The van der Waals surface area contributed by atoms with Gasteiger partial charge in [0.15, 0.2) is 0 Å². The van der Waals surface area contributed by atoms with Crippen molar-refractivity contribution in [3.05, 3.63) is 22.9 Å². The second kappa shape index (κ2) is 5.59. The molecule has 1 N–H and O–H groups in total. The summed E-state index contributed by atoms with van der Waals surface area (Å²) < 4.78 is 5.63. The molecule has 76 valence electrons. The standard InChI is InChI=1S/C9H11BrN2O2/c1-2-14-9(13)6-12-8-3-7(10)4-11-5-8/h3-5,12H,2,6H2,1H3. The van der Waals surface area contributed by atoms with Gasteiger partial charge in [0.25, 0.3) is 0 Å². The molecule has 0 saturated carbocycles. The number of hydrogen-bond donors (Lipinski definition) is 1. The summed E-state index contributed by atoms with van der Waals surface area (Å²) in [6.45, 7) is 2.34. The number of halogens is 1. The molecule has 0 amide bonds. The van der Waals surface area contributed by atoms with Gasteiger partial charge in [0.2, 0.25) is 0 Å². The van der Waals surface area contributed by atoms with Gasteiger partial charge < -0.3 is 10.1 Å². The maximum Gasteiger partial charge on any atom is 0.325 e. The third-order valence-electron chi connectivity index (χ3n) is 1.45. The fourth-order valence-corrected chi connectivity index (χ4v) is 1.26. The molecule has 0 aliphatic rings. The molecule has 1 aromatic heterocycles. The van der Waals surface area contributed by atoms with Crippen LogP contribution in [0.5, 0.6) is 0 Å². The van der Waals surface area contributed by atoms with E-state index in [0.717, 1.165) is 10.2 Å². The molecule has 0 bridgehead atoms. The molecule has 1 heterocycles. The zero-order valence-corrected chi connectivity index (χ0v) is 9.37. The molecule has 0 aliphatic carbocycles. The Morgan fingerprint density at radius 2 is 2.43 bits per heavy atom. The van der Waals surface area contributed by atoms with Crippen LogP contribution in [0.3, 0.4) is 0 Å². The van der Waals surface area contributed by atoms with Crippen molar-refractivity contribution >= 4 is 27.6 Å². The van der Waals surface area contributed by atoms with Gasteiger partial charge in [-0.15, -0.1) is 0 Å². The van der Waals surface area contributed by atoms with Gasteiger partial charge in [-0.05, 0) is 28.9 Å². The van der Waals surface area contributed by atoms with Crippen LogP contribution in [0.1, 0.15) is 6.92 Å². The Hall–Kier alpha value is -1.10.